The van der Waals surface area contributed by atoms with Crippen LogP contribution in [0.15, 0.2) is 72.8 Å². The van der Waals surface area contributed by atoms with Gasteiger partial charge in [-0.05, 0) is 54.6 Å². The van der Waals surface area contributed by atoms with E-state index in [2.05, 4.69) is 15.5 Å². The molecule has 0 aromatic heterocycles. The second kappa shape index (κ2) is 16.0. The molecule has 45 heavy (non-hydrogen) atoms. The Hall–Kier alpha value is -3.80. The molecule has 2 aliphatic heterocycles. The van der Waals surface area contributed by atoms with Gasteiger partial charge in [0.1, 0.15) is 0 Å². The first-order valence-electron chi connectivity index (χ1n) is 15.8. The highest BCUT2D eigenvalue weighted by atomic mass is 16.7. The third-order valence-corrected chi connectivity index (χ3v) is 8.55. The summed E-state index contributed by atoms with van der Waals surface area (Å²) in [5.74, 6) is -0.296. The van der Waals surface area contributed by atoms with E-state index in [0.29, 0.717) is 30.8 Å². The Balaban J connectivity index is 1.13. The second-order valence-electron chi connectivity index (χ2n) is 11.8. The molecule has 0 radical (unpaired) electrons. The highest BCUT2D eigenvalue weighted by Crippen LogP contribution is 2.38. The number of para-hydroxylation sites is 2. The molecule has 2 heterocycles. The Kier molecular flexibility index (Phi) is 11.6. The molecule has 2 aliphatic rings. The number of nitrogen functional groups attached to an aromatic ring is 1. The zero-order valence-electron chi connectivity index (χ0n) is 25.6. The van der Waals surface area contributed by atoms with Crippen LogP contribution in [0.1, 0.15) is 73.2 Å². The van der Waals surface area contributed by atoms with Gasteiger partial charge in [0.2, 0.25) is 11.8 Å². The molecule has 3 aromatic carbocycles. The zero-order valence-corrected chi connectivity index (χ0v) is 25.6. The molecule has 5 rings (SSSR count). The molecule has 10 nitrogen and oxygen atoms in total. The Labute approximate surface area is 264 Å². The van der Waals surface area contributed by atoms with Gasteiger partial charge in [0.05, 0.1) is 36.8 Å². The molecule has 4 atom stereocenters. The fourth-order valence-electron chi connectivity index (χ4n) is 5.95. The zero-order chi connectivity index (χ0) is 31.6. The van der Waals surface area contributed by atoms with E-state index in [1.54, 1.807) is 24.3 Å². The number of benzene rings is 3. The van der Waals surface area contributed by atoms with Crippen molar-refractivity contribution < 1.29 is 29.3 Å². The number of carbonyl (C=O) groups is 2. The molecule has 0 bridgehead atoms. The van der Waals surface area contributed by atoms with E-state index >= 15 is 0 Å². The molecule has 2 amide bonds. The lowest BCUT2D eigenvalue weighted by molar-refractivity contribution is -0.253. The van der Waals surface area contributed by atoms with Crippen molar-refractivity contribution >= 4 is 23.2 Å². The van der Waals surface area contributed by atoms with Gasteiger partial charge in [0.15, 0.2) is 6.29 Å². The number of aliphatic hydroxyl groups is 2. The van der Waals surface area contributed by atoms with E-state index in [1.165, 1.54) is 0 Å². The Morgan fingerprint density at radius 1 is 0.889 bits per heavy atom. The first-order valence-corrected chi connectivity index (χ1v) is 15.8. The number of hydrogen-bond acceptors (Lipinski definition) is 8. The molecule has 2 saturated heterocycles. The maximum atomic E-state index is 12.4. The van der Waals surface area contributed by atoms with E-state index in [1.807, 2.05) is 48.5 Å². The number of likely N-dealkylation sites (tertiary alicyclic amines) is 1. The van der Waals surface area contributed by atoms with E-state index in [0.717, 1.165) is 48.2 Å². The van der Waals surface area contributed by atoms with E-state index in [-0.39, 0.29) is 56.1 Å². The van der Waals surface area contributed by atoms with Crippen LogP contribution in [0.2, 0.25) is 0 Å². The Morgan fingerprint density at radius 2 is 1.60 bits per heavy atom. The number of nitrogens with zero attached hydrogens (tertiary/aromatic N) is 1. The molecule has 0 aliphatic carbocycles. The normalized spacial score (nSPS) is 21.8. The van der Waals surface area contributed by atoms with Crippen LogP contribution in [0.25, 0.3) is 0 Å². The topological polar surface area (TPSA) is 146 Å². The standard InChI is InChI=1S/C35H44N4O6/c36-30-6-1-2-7-31(30)38-34(43)9-3-8-33(42)37-20-24-10-16-27(17-11-24)35-44-29(21-39-18-4-5-28(39)23-41)19-32(45-35)26-14-12-25(22-40)13-15-26/h1-2,6-7,10-17,28-29,32,35,40-41H,3-5,8-9,18-23,36H2,(H,37,42)(H,38,43)/t28-,29+,32-,35-/m0/s1. The van der Waals surface area contributed by atoms with Gasteiger partial charge in [-0.3, -0.25) is 14.5 Å². The van der Waals surface area contributed by atoms with Crippen LogP contribution in [0.3, 0.4) is 0 Å². The van der Waals surface area contributed by atoms with Crippen molar-refractivity contribution in [3.8, 4) is 0 Å². The molecule has 0 spiro atoms. The summed E-state index contributed by atoms with van der Waals surface area (Å²) < 4.78 is 12.9. The molecule has 6 N–H and O–H groups in total. The van der Waals surface area contributed by atoms with E-state index in [4.69, 9.17) is 15.2 Å². The van der Waals surface area contributed by atoms with Gasteiger partial charge in [-0.1, -0.05) is 60.7 Å². The lowest BCUT2D eigenvalue weighted by atomic mass is 9.99. The third kappa shape index (κ3) is 9.12. The van der Waals surface area contributed by atoms with Crippen LogP contribution in [0.4, 0.5) is 11.4 Å². The minimum absolute atomic E-state index is 0.00762. The van der Waals surface area contributed by atoms with Crippen molar-refractivity contribution in [1.82, 2.24) is 10.2 Å². The summed E-state index contributed by atoms with van der Waals surface area (Å²) in [6.45, 7) is 2.19. The van der Waals surface area contributed by atoms with Gasteiger partial charge in [0, 0.05) is 44.0 Å². The average molecular weight is 617 g/mol. The summed E-state index contributed by atoms with van der Waals surface area (Å²) in [6.07, 6.45) is 2.83. The molecule has 0 unspecified atom stereocenters. The van der Waals surface area contributed by atoms with Crippen LogP contribution in [0, 0.1) is 0 Å². The summed E-state index contributed by atoms with van der Waals surface area (Å²) in [5.41, 5.74) is 10.7. The van der Waals surface area contributed by atoms with Gasteiger partial charge in [0.25, 0.3) is 0 Å². The number of aliphatic hydroxyl groups excluding tert-OH is 2. The van der Waals surface area contributed by atoms with Crippen molar-refractivity contribution in [2.75, 3.05) is 30.7 Å². The van der Waals surface area contributed by atoms with Crippen LogP contribution >= 0.6 is 0 Å². The number of ether oxygens (including phenoxy) is 2. The van der Waals surface area contributed by atoms with Gasteiger partial charge in [-0.25, -0.2) is 0 Å². The van der Waals surface area contributed by atoms with Crippen LogP contribution in [-0.4, -0.2) is 58.8 Å². The van der Waals surface area contributed by atoms with Crippen LogP contribution < -0.4 is 16.4 Å². The summed E-state index contributed by atoms with van der Waals surface area (Å²) >= 11 is 0. The third-order valence-electron chi connectivity index (χ3n) is 8.55. The number of hydrogen-bond donors (Lipinski definition) is 5. The SMILES string of the molecule is Nc1ccccc1NC(=O)CCCC(=O)NCc1ccc([C@H]2O[C@@H](CN3CCC[C@H]3CO)C[C@@H](c3ccc(CO)cc3)O2)cc1. The average Bonchev–Trinajstić information content (AvgIpc) is 3.52. The minimum atomic E-state index is -0.567. The number of rotatable bonds is 13. The van der Waals surface area contributed by atoms with Gasteiger partial charge < -0.3 is 36.1 Å². The summed E-state index contributed by atoms with van der Waals surface area (Å²) in [4.78, 5) is 26.9. The largest absolute Gasteiger partial charge is 0.397 e. The Bertz CT molecular complexity index is 1400. The van der Waals surface area contributed by atoms with Gasteiger partial charge >= 0.3 is 0 Å². The number of anilines is 2. The monoisotopic (exact) mass is 616 g/mol. The summed E-state index contributed by atoms with van der Waals surface area (Å²) in [6, 6.07) is 22.9. The first-order chi connectivity index (χ1) is 21.9. The van der Waals surface area contributed by atoms with Crippen molar-refractivity contribution in [3.63, 3.8) is 0 Å². The van der Waals surface area contributed by atoms with Crippen molar-refractivity contribution in [2.45, 2.75) is 76.2 Å². The number of carbonyl (C=O) groups excluding carboxylic acids is 2. The minimum Gasteiger partial charge on any atom is -0.397 e. The smallest absolute Gasteiger partial charge is 0.224 e. The molecule has 10 heteroatoms. The highest BCUT2D eigenvalue weighted by Gasteiger charge is 2.35. The maximum Gasteiger partial charge on any atom is 0.224 e. The molecule has 240 valence electrons. The fraction of sp³-hybridized carbons (Fsp3) is 0.429. The predicted octanol–water partition coefficient (Wildman–Crippen LogP) is 4.19. The molecular formula is C35H44N4O6. The number of nitrogens with two attached hydrogens (primary N) is 1. The first kappa shape index (κ1) is 32.6. The molecular weight excluding hydrogens is 572 g/mol. The van der Waals surface area contributed by atoms with Crippen molar-refractivity contribution in [3.05, 3.63) is 95.1 Å². The van der Waals surface area contributed by atoms with Gasteiger partial charge in [-0.2, -0.15) is 0 Å². The van der Waals surface area contributed by atoms with Crippen molar-refractivity contribution in [2.24, 2.45) is 0 Å². The predicted molar refractivity (Wildman–Crippen MR) is 172 cm³/mol. The summed E-state index contributed by atoms with van der Waals surface area (Å²) in [7, 11) is 0. The van der Waals surface area contributed by atoms with Crippen LogP contribution in [0.5, 0.6) is 0 Å². The Morgan fingerprint density at radius 3 is 2.33 bits per heavy atom. The summed E-state index contributed by atoms with van der Waals surface area (Å²) in [5, 5.41) is 25.0. The van der Waals surface area contributed by atoms with Crippen LogP contribution in [-0.2, 0) is 32.2 Å². The fourth-order valence-corrected chi connectivity index (χ4v) is 5.95. The second-order valence-corrected chi connectivity index (χ2v) is 11.8. The highest BCUT2D eigenvalue weighted by molar-refractivity contribution is 5.93. The van der Waals surface area contributed by atoms with E-state index in [9.17, 15) is 19.8 Å². The quantitative estimate of drug-likeness (QED) is 0.180. The number of amides is 2. The van der Waals surface area contributed by atoms with Crippen molar-refractivity contribution in [1.29, 1.82) is 0 Å². The number of nitrogens with one attached hydrogen (secondary N) is 2. The molecule has 2 fully saturated rings. The lowest BCUT2D eigenvalue weighted by Gasteiger charge is -2.38. The molecule has 3 aromatic rings. The molecule has 0 saturated carbocycles. The lowest BCUT2D eigenvalue weighted by Crippen LogP contribution is -2.42. The van der Waals surface area contributed by atoms with E-state index < -0.39 is 6.29 Å². The van der Waals surface area contributed by atoms with Gasteiger partial charge in [-0.15, -0.1) is 0 Å². The maximum absolute atomic E-state index is 12.4.